The molecule has 1 fully saturated rings. The number of anilines is 1. The number of nitrogens with zero attached hydrogens (tertiary/aromatic N) is 2. The number of hydrogen-bond acceptors (Lipinski definition) is 5. The molecule has 1 saturated heterocycles. The summed E-state index contributed by atoms with van der Waals surface area (Å²) in [4.78, 5) is 38.8. The van der Waals surface area contributed by atoms with E-state index < -0.39 is 5.97 Å². The molecule has 0 N–H and O–H groups in total. The van der Waals surface area contributed by atoms with Crippen LogP contribution in [0.15, 0.2) is 65.6 Å². The average Bonchev–Trinajstić information content (AvgIpc) is 3.22. The quantitative estimate of drug-likeness (QED) is 0.423. The number of rotatable bonds is 4. The molecular formula is C24H20N2O4S. The molecule has 0 atom stereocenters. The van der Waals surface area contributed by atoms with Gasteiger partial charge in [0.05, 0.1) is 23.3 Å². The van der Waals surface area contributed by atoms with E-state index in [9.17, 15) is 14.4 Å². The van der Waals surface area contributed by atoms with E-state index in [1.165, 1.54) is 12.0 Å². The van der Waals surface area contributed by atoms with Gasteiger partial charge in [0.1, 0.15) is 0 Å². The van der Waals surface area contributed by atoms with E-state index in [0.717, 1.165) is 34.4 Å². The van der Waals surface area contributed by atoms with Crippen LogP contribution >= 0.6 is 11.8 Å². The molecule has 2 aromatic carbocycles. The van der Waals surface area contributed by atoms with E-state index in [-0.39, 0.29) is 11.1 Å². The molecular weight excluding hydrogens is 412 g/mol. The zero-order valence-corrected chi connectivity index (χ0v) is 18.1. The monoisotopic (exact) mass is 432 g/mol. The van der Waals surface area contributed by atoms with Gasteiger partial charge in [-0.05, 0) is 73.6 Å². The van der Waals surface area contributed by atoms with Crippen LogP contribution in [0.5, 0.6) is 0 Å². The number of carbonyl (C=O) groups excluding carboxylic acids is 3. The lowest BCUT2D eigenvalue weighted by molar-refractivity contribution is -0.113. The van der Waals surface area contributed by atoms with Gasteiger partial charge in [0, 0.05) is 17.1 Å². The Morgan fingerprint density at radius 3 is 2.39 bits per heavy atom. The van der Waals surface area contributed by atoms with Crippen molar-refractivity contribution in [1.82, 2.24) is 4.57 Å². The van der Waals surface area contributed by atoms with Gasteiger partial charge in [-0.1, -0.05) is 24.3 Å². The van der Waals surface area contributed by atoms with Crippen molar-refractivity contribution in [2.75, 3.05) is 12.0 Å². The Kier molecular flexibility index (Phi) is 5.52. The fraction of sp³-hybridized carbons (Fsp3) is 0.125. The normalized spacial score (nSPS) is 15.1. The van der Waals surface area contributed by atoms with Crippen molar-refractivity contribution in [3.63, 3.8) is 0 Å². The highest BCUT2D eigenvalue weighted by Gasteiger charge is 2.36. The van der Waals surface area contributed by atoms with Crippen molar-refractivity contribution in [3.8, 4) is 5.69 Å². The van der Waals surface area contributed by atoms with Crippen molar-refractivity contribution >= 4 is 40.6 Å². The molecule has 0 saturated carbocycles. The Balaban J connectivity index is 1.70. The number of thioether (sulfide) groups is 1. The van der Waals surface area contributed by atoms with Crippen LogP contribution in [0.25, 0.3) is 11.8 Å². The highest BCUT2D eigenvalue weighted by Crippen LogP contribution is 2.36. The van der Waals surface area contributed by atoms with E-state index in [1.807, 2.05) is 36.6 Å². The Bertz CT molecular complexity index is 1230. The van der Waals surface area contributed by atoms with Gasteiger partial charge in [-0.15, -0.1) is 0 Å². The topological polar surface area (TPSA) is 68.6 Å². The molecule has 31 heavy (non-hydrogen) atoms. The predicted molar refractivity (Wildman–Crippen MR) is 121 cm³/mol. The molecule has 0 aliphatic carbocycles. The fourth-order valence-electron chi connectivity index (χ4n) is 3.63. The second kappa shape index (κ2) is 8.28. The van der Waals surface area contributed by atoms with Crippen LogP contribution in [0.3, 0.4) is 0 Å². The Hall–Kier alpha value is -3.58. The molecule has 0 unspecified atom stereocenters. The second-order valence-corrected chi connectivity index (χ2v) is 8.05. The second-order valence-electron chi connectivity index (χ2n) is 7.06. The van der Waals surface area contributed by atoms with Crippen molar-refractivity contribution in [2.45, 2.75) is 13.8 Å². The number of esters is 1. The molecule has 156 valence electrons. The summed E-state index contributed by atoms with van der Waals surface area (Å²) in [5, 5.41) is -0.318. The number of amides is 2. The lowest BCUT2D eigenvalue weighted by Gasteiger charge is -2.11. The van der Waals surface area contributed by atoms with Crippen LogP contribution in [0, 0.1) is 13.8 Å². The number of methoxy groups -OCH3 is 1. The Morgan fingerprint density at radius 1 is 0.968 bits per heavy atom. The summed E-state index contributed by atoms with van der Waals surface area (Å²) in [5.74, 6) is -0.738. The number of ether oxygens (including phenoxy) is 1. The lowest BCUT2D eigenvalue weighted by Crippen LogP contribution is -2.27. The van der Waals surface area contributed by atoms with Crippen LogP contribution in [-0.2, 0) is 9.53 Å². The molecule has 0 bridgehead atoms. The summed E-state index contributed by atoms with van der Waals surface area (Å²) in [6.45, 7) is 3.88. The van der Waals surface area contributed by atoms with Crippen LogP contribution in [-0.4, -0.2) is 28.8 Å². The molecule has 7 heteroatoms. The van der Waals surface area contributed by atoms with Gasteiger partial charge in [0.25, 0.3) is 11.1 Å². The number of benzene rings is 2. The summed E-state index contributed by atoms with van der Waals surface area (Å²) in [6.07, 6.45) is 1.75. The minimum atomic E-state index is -0.404. The first-order chi connectivity index (χ1) is 14.9. The van der Waals surface area contributed by atoms with Gasteiger partial charge in [0.15, 0.2) is 0 Å². The van der Waals surface area contributed by atoms with Crippen LogP contribution in [0.4, 0.5) is 10.5 Å². The summed E-state index contributed by atoms with van der Waals surface area (Å²) in [5.41, 5.74) is 4.49. The van der Waals surface area contributed by atoms with Gasteiger partial charge in [-0.2, -0.15) is 0 Å². The molecule has 4 rings (SSSR count). The smallest absolute Gasteiger partial charge is 0.337 e. The molecule has 6 nitrogen and oxygen atoms in total. The number of imide groups is 1. The largest absolute Gasteiger partial charge is 0.465 e. The molecule has 0 spiro atoms. The third-order valence-electron chi connectivity index (χ3n) is 5.09. The van der Waals surface area contributed by atoms with Gasteiger partial charge in [-0.3, -0.25) is 9.59 Å². The van der Waals surface area contributed by atoms with Crippen LogP contribution in [0.2, 0.25) is 0 Å². The molecule has 1 aromatic heterocycles. The van der Waals surface area contributed by atoms with E-state index in [1.54, 1.807) is 48.5 Å². The van der Waals surface area contributed by atoms with Gasteiger partial charge in [0.2, 0.25) is 0 Å². The van der Waals surface area contributed by atoms with E-state index in [2.05, 4.69) is 0 Å². The number of aryl methyl sites for hydroxylation is 1. The molecule has 1 aliphatic heterocycles. The van der Waals surface area contributed by atoms with E-state index >= 15 is 0 Å². The zero-order valence-electron chi connectivity index (χ0n) is 17.3. The molecule has 2 amide bonds. The van der Waals surface area contributed by atoms with Crippen molar-refractivity contribution in [2.24, 2.45) is 0 Å². The Morgan fingerprint density at radius 2 is 1.68 bits per heavy atom. The summed E-state index contributed by atoms with van der Waals surface area (Å²) >= 11 is 0.929. The summed E-state index contributed by atoms with van der Waals surface area (Å²) in [7, 11) is 1.35. The highest BCUT2D eigenvalue weighted by molar-refractivity contribution is 8.19. The molecule has 2 heterocycles. The van der Waals surface area contributed by atoms with Gasteiger partial charge < -0.3 is 9.30 Å². The zero-order chi connectivity index (χ0) is 22.1. The fourth-order valence-corrected chi connectivity index (χ4v) is 4.46. The minimum Gasteiger partial charge on any atom is -0.465 e. The van der Waals surface area contributed by atoms with Crippen molar-refractivity contribution in [3.05, 3.63) is 88.1 Å². The molecule has 1 aliphatic rings. The van der Waals surface area contributed by atoms with E-state index in [0.29, 0.717) is 16.2 Å². The lowest BCUT2D eigenvalue weighted by atomic mass is 10.2. The van der Waals surface area contributed by atoms with E-state index in [4.69, 9.17) is 4.74 Å². The van der Waals surface area contributed by atoms with Crippen LogP contribution < -0.4 is 4.90 Å². The summed E-state index contributed by atoms with van der Waals surface area (Å²) < 4.78 is 6.82. The third-order valence-corrected chi connectivity index (χ3v) is 5.96. The summed E-state index contributed by atoms with van der Waals surface area (Å²) in [6, 6.07) is 18.0. The number of para-hydroxylation sites is 1. The maximum atomic E-state index is 12.9. The van der Waals surface area contributed by atoms with Gasteiger partial charge in [-0.25, -0.2) is 9.69 Å². The van der Waals surface area contributed by atoms with Crippen molar-refractivity contribution < 1.29 is 19.1 Å². The predicted octanol–water partition coefficient (Wildman–Crippen LogP) is 5.12. The molecule has 0 radical (unpaired) electrons. The first-order valence-corrected chi connectivity index (χ1v) is 10.4. The minimum absolute atomic E-state index is 0.318. The first-order valence-electron chi connectivity index (χ1n) is 9.61. The average molecular weight is 433 g/mol. The highest BCUT2D eigenvalue weighted by atomic mass is 32.2. The Labute approximate surface area is 184 Å². The first kappa shape index (κ1) is 20.7. The maximum absolute atomic E-state index is 12.9. The van der Waals surface area contributed by atoms with Gasteiger partial charge >= 0.3 is 5.97 Å². The molecule has 3 aromatic rings. The number of aromatic nitrogens is 1. The maximum Gasteiger partial charge on any atom is 0.337 e. The standard InChI is InChI=1S/C24H20N2O4S/c1-15-12-18(16(2)25(15)20-11-7-8-17(13-20)23(28)30-3)14-21-22(27)26(24(29)31-21)19-9-5-4-6-10-19/h4-14H,1-3H3. The number of hydrogen-bond donors (Lipinski definition) is 0. The number of carbonyl (C=O) groups is 3. The van der Waals surface area contributed by atoms with Crippen LogP contribution in [0.1, 0.15) is 27.3 Å². The van der Waals surface area contributed by atoms with Crippen molar-refractivity contribution in [1.29, 1.82) is 0 Å². The SMILES string of the molecule is COC(=O)c1cccc(-n2c(C)cc(C=C3SC(=O)N(c4ccccc4)C3=O)c2C)c1. The third kappa shape index (κ3) is 3.80.